The van der Waals surface area contributed by atoms with Crippen LogP contribution in [0.4, 0.5) is 0 Å². The van der Waals surface area contributed by atoms with Crippen LogP contribution in [-0.2, 0) is 9.84 Å². The summed E-state index contributed by atoms with van der Waals surface area (Å²) < 4.78 is 22.4. The van der Waals surface area contributed by atoms with E-state index in [9.17, 15) is 13.2 Å². The summed E-state index contributed by atoms with van der Waals surface area (Å²) in [6.45, 7) is 3.74. The molecule has 0 saturated heterocycles. The van der Waals surface area contributed by atoms with Gasteiger partial charge in [-0.15, -0.1) is 0 Å². The number of nitrogens with zero attached hydrogens (tertiary/aromatic N) is 1. The van der Waals surface area contributed by atoms with Crippen LogP contribution in [0.15, 0.2) is 23.7 Å². The predicted molar refractivity (Wildman–Crippen MR) is 67.9 cm³/mol. The number of amides is 1. The van der Waals surface area contributed by atoms with E-state index in [0.717, 1.165) is 16.7 Å². The zero-order valence-corrected chi connectivity index (χ0v) is 11.0. The highest BCUT2D eigenvalue weighted by molar-refractivity contribution is 7.94. The van der Waals surface area contributed by atoms with Gasteiger partial charge in [0.05, 0.1) is 17.4 Å². The second-order valence-electron chi connectivity index (χ2n) is 4.36. The van der Waals surface area contributed by atoms with E-state index in [4.69, 9.17) is 0 Å². The number of aromatic nitrogens is 1. The van der Waals surface area contributed by atoms with Crippen molar-refractivity contribution in [2.24, 2.45) is 0 Å². The molecule has 0 aromatic carbocycles. The Morgan fingerprint density at radius 3 is 2.72 bits per heavy atom. The van der Waals surface area contributed by atoms with E-state index < -0.39 is 15.9 Å². The largest absolute Gasteiger partial charge is 0.345 e. The molecule has 0 saturated carbocycles. The van der Waals surface area contributed by atoms with Crippen molar-refractivity contribution < 1.29 is 13.2 Å². The quantitative estimate of drug-likeness (QED) is 0.856. The van der Waals surface area contributed by atoms with Crippen LogP contribution in [0.1, 0.15) is 21.6 Å². The van der Waals surface area contributed by atoms with Crippen molar-refractivity contribution in [1.29, 1.82) is 0 Å². The summed E-state index contributed by atoms with van der Waals surface area (Å²) in [6.07, 6.45) is 2.98. The molecule has 1 atom stereocenters. The molecule has 0 radical (unpaired) electrons. The summed E-state index contributed by atoms with van der Waals surface area (Å²) >= 11 is 0. The van der Waals surface area contributed by atoms with Gasteiger partial charge in [0.15, 0.2) is 9.84 Å². The number of carbonyl (C=O) groups excluding carboxylic acids is 1. The van der Waals surface area contributed by atoms with Crippen LogP contribution < -0.4 is 5.32 Å². The molecule has 0 fully saturated rings. The van der Waals surface area contributed by atoms with Crippen molar-refractivity contribution in [1.82, 2.24) is 10.3 Å². The fraction of sp³-hybridized carbons (Fsp3) is 0.333. The maximum atomic E-state index is 11.9. The molecule has 96 valence electrons. The first kappa shape index (κ1) is 12.8. The number of aryl methyl sites for hydroxylation is 2. The Morgan fingerprint density at radius 2 is 2.17 bits per heavy atom. The molecular formula is C12H14N2O3S. The molecule has 1 aliphatic rings. The predicted octanol–water partition coefficient (Wildman–Crippen LogP) is 0.739. The van der Waals surface area contributed by atoms with E-state index in [2.05, 4.69) is 10.3 Å². The lowest BCUT2D eigenvalue weighted by Crippen LogP contribution is -2.35. The molecule has 6 heteroatoms. The summed E-state index contributed by atoms with van der Waals surface area (Å²) in [5, 5.41) is 3.79. The molecule has 2 heterocycles. The number of pyridine rings is 1. The average molecular weight is 266 g/mol. The molecule has 0 bridgehead atoms. The highest BCUT2D eigenvalue weighted by atomic mass is 32.2. The van der Waals surface area contributed by atoms with Gasteiger partial charge in [0.1, 0.15) is 0 Å². The minimum atomic E-state index is -3.15. The van der Waals surface area contributed by atoms with Gasteiger partial charge in [-0.25, -0.2) is 8.42 Å². The standard InChI is InChI=1S/C12H14N2O3S/c1-8-5-10(6-13-9(8)2)12(15)14-11-3-4-18(16,17)7-11/h3-6,11H,7H2,1-2H3,(H,14,15). The van der Waals surface area contributed by atoms with Crippen molar-refractivity contribution in [2.75, 3.05) is 5.75 Å². The van der Waals surface area contributed by atoms with Crippen molar-refractivity contribution in [2.45, 2.75) is 19.9 Å². The fourth-order valence-electron chi connectivity index (χ4n) is 1.68. The Hall–Kier alpha value is -1.69. The highest BCUT2D eigenvalue weighted by Gasteiger charge is 2.23. The van der Waals surface area contributed by atoms with Crippen LogP contribution in [0.25, 0.3) is 0 Å². The maximum absolute atomic E-state index is 11.9. The van der Waals surface area contributed by atoms with Gasteiger partial charge >= 0.3 is 0 Å². The number of rotatable bonds is 2. The molecule has 2 rings (SSSR count). The van der Waals surface area contributed by atoms with Gasteiger partial charge in [0.25, 0.3) is 5.91 Å². The number of hydrogen-bond donors (Lipinski definition) is 1. The fourth-order valence-corrected chi connectivity index (χ4v) is 2.92. The second-order valence-corrected chi connectivity index (χ2v) is 6.30. The zero-order chi connectivity index (χ0) is 13.3. The Bertz CT molecular complexity index is 620. The lowest BCUT2D eigenvalue weighted by Gasteiger charge is -2.10. The van der Waals surface area contributed by atoms with Gasteiger partial charge in [-0.2, -0.15) is 0 Å². The van der Waals surface area contributed by atoms with E-state index in [1.165, 1.54) is 12.3 Å². The van der Waals surface area contributed by atoms with Crippen molar-refractivity contribution in [3.63, 3.8) is 0 Å². The van der Waals surface area contributed by atoms with E-state index in [-0.39, 0.29) is 11.7 Å². The minimum Gasteiger partial charge on any atom is -0.345 e. The van der Waals surface area contributed by atoms with Crippen molar-refractivity contribution in [3.05, 3.63) is 40.6 Å². The van der Waals surface area contributed by atoms with Crippen LogP contribution in [0.5, 0.6) is 0 Å². The molecule has 1 amide bonds. The number of sulfone groups is 1. The van der Waals surface area contributed by atoms with E-state index >= 15 is 0 Å². The first-order valence-corrected chi connectivity index (χ1v) is 7.24. The van der Waals surface area contributed by atoms with Crippen molar-refractivity contribution >= 4 is 15.7 Å². The molecular weight excluding hydrogens is 252 g/mol. The molecule has 0 aliphatic carbocycles. The normalized spacial score (nSPS) is 20.9. The molecule has 18 heavy (non-hydrogen) atoms. The summed E-state index contributed by atoms with van der Waals surface area (Å²) in [5.74, 6) is -0.380. The number of hydrogen-bond acceptors (Lipinski definition) is 4. The molecule has 1 aliphatic heterocycles. The molecule has 1 unspecified atom stereocenters. The monoisotopic (exact) mass is 266 g/mol. The number of carbonyl (C=O) groups is 1. The Labute approximate surface area is 106 Å². The minimum absolute atomic E-state index is 0.0724. The van der Waals surface area contributed by atoms with Gasteiger partial charge in [-0.05, 0) is 31.6 Å². The summed E-state index contributed by atoms with van der Waals surface area (Å²) in [6, 6.07) is 1.29. The van der Waals surface area contributed by atoms with Gasteiger partial charge in [-0.1, -0.05) is 0 Å². The number of nitrogens with one attached hydrogen (secondary N) is 1. The third-order valence-corrected chi connectivity index (χ3v) is 4.24. The molecule has 1 aromatic heterocycles. The summed E-state index contributed by atoms with van der Waals surface area (Å²) in [5.41, 5.74) is 2.24. The second kappa shape index (κ2) is 4.53. The Kier molecular flexibility index (Phi) is 3.21. The van der Waals surface area contributed by atoms with Gasteiger partial charge in [-0.3, -0.25) is 9.78 Å². The highest BCUT2D eigenvalue weighted by Crippen LogP contribution is 2.10. The van der Waals surface area contributed by atoms with E-state index in [1.54, 1.807) is 6.07 Å². The van der Waals surface area contributed by atoms with E-state index in [1.807, 2.05) is 13.8 Å². The first-order valence-electron chi connectivity index (χ1n) is 5.52. The van der Waals surface area contributed by atoms with Crippen LogP contribution in [0.3, 0.4) is 0 Å². The average Bonchev–Trinajstić information content (AvgIpc) is 2.62. The lowest BCUT2D eigenvalue weighted by atomic mass is 10.1. The van der Waals surface area contributed by atoms with Crippen LogP contribution in [0, 0.1) is 13.8 Å². The van der Waals surface area contributed by atoms with E-state index in [0.29, 0.717) is 5.56 Å². The third kappa shape index (κ3) is 2.76. The summed E-state index contributed by atoms with van der Waals surface area (Å²) in [7, 11) is -3.15. The first-order chi connectivity index (χ1) is 8.37. The van der Waals surface area contributed by atoms with Gasteiger partial charge in [0.2, 0.25) is 0 Å². The summed E-state index contributed by atoms with van der Waals surface area (Å²) in [4.78, 5) is 16.0. The molecule has 5 nitrogen and oxygen atoms in total. The zero-order valence-electron chi connectivity index (χ0n) is 10.2. The van der Waals surface area contributed by atoms with Crippen LogP contribution in [0.2, 0.25) is 0 Å². The smallest absolute Gasteiger partial charge is 0.253 e. The van der Waals surface area contributed by atoms with Crippen molar-refractivity contribution in [3.8, 4) is 0 Å². The maximum Gasteiger partial charge on any atom is 0.253 e. The Balaban J connectivity index is 2.09. The van der Waals surface area contributed by atoms with Gasteiger partial charge in [0, 0.05) is 17.3 Å². The topological polar surface area (TPSA) is 76.1 Å². The van der Waals surface area contributed by atoms with Crippen LogP contribution in [-0.4, -0.2) is 31.1 Å². The molecule has 1 N–H and O–H groups in total. The van der Waals surface area contributed by atoms with Gasteiger partial charge < -0.3 is 5.32 Å². The Morgan fingerprint density at radius 1 is 1.44 bits per heavy atom. The lowest BCUT2D eigenvalue weighted by molar-refractivity contribution is 0.0947. The molecule has 0 spiro atoms. The third-order valence-electron chi connectivity index (χ3n) is 2.85. The SMILES string of the molecule is Cc1cc(C(=O)NC2C=CS(=O)(=O)C2)cnc1C. The van der Waals surface area contributed by atoms with Crippen LogP contribution >= 0.6 is 0 Å². The molecule has 1 aromatic rings.